The summed E-state index contributed by atoms with van der Waals surface area (Å²) in [7, 11) is 1.73. The van der Waals surface area contributed by atoms with Crippen LogP contribution in [0.25, 0.3) is 0 Å². The second-order valence-electron chi connectivity index (χ2n) is 1.98. The van der Waals surface area contributed by atoms with Crippen LogP contribution >= 0.6 is 23.2 Å². The van der Waals surface area contributed by atoms with Crippen LogP contribution in [0, 0.1) is 0 Å². The normalized spacial score (nSPS) is 9.64. The molecule has 0 spiro atoms. The second-order valence-corrected chi connectivity index (χ2v) is 7.93. The monoisotopic (exact) mass is 222 g/mol. The second kappa shape index (κ2) is 8.33. The highest BCUT2D eigenvalue weighted by molar-refractivity contribution is 6.92. The number of hydrogen-bond acceptors (Lipinski definition) is 0. The van der Waals surface area contributed by atoms with Crippen molar-refractivity contribution < 1.29 is 0 Å². The summed E-state index contributed by atoms with van der Waals surface area (Å²) < 4.78 is 0. The lowest BCUT2D eigenvalue weighted by atomic mass is 10.4. The van der Waals surface area contributed by atoms with Crippen LogP contribution in [0.3, 0.4) is 0 Å². The Balaban J connectivity index is 0.000000218. The summed E-state index contributed by atoms with van der Waals surface area (Å²) in [5, 5.41) is 0.794. The van der Waals surface area contributed by atoms with E-state index in [1.54, 1.807) is 0 Å². The predicted octanol–water partition coefficient (Wildman–Crippen LogP) is 0.972. The topological polar surface area (TPSA) is 0 Å². The highest BCUT2D eigenvalue weighted by Crippen LogP contribution is 2.03. The first-order valence-corrected chi connectivity index (χ1v) is 11.1. The van der Waals surface area contributed by atoms with Crippen LogP contribution in [0.5, 0.6) is 0 Å². The minimum atomic E-state index is 0.329. The lowest BCUT2D eigenvalue weighted by Gasteiger charge is -1.80. The third-order valence-electron chi connectivity index (χ3n) is 0.922. The molecule has 11 heavy (non-hydrogen) atoms. The molecule has 1 aromatic rings. The molecule has 0 N–H and O–H groups in total. The van der Waals surface area contributed by atoms with Crippen molar-refractivity contribution in [2.45, 2.75) is 0 Å². The van der Waals surface area contributed by atoms with Gasteiger partial charge in [-0.15, -0.1) is 11.6 Å². The van der Waals surface area contributed by atoms with Crippen molar-refractivity contribution in [2.24, 2.45) is 0 Å². The van der Waals surface area contributed by atoms with Crippen molar-refractivity contribution in [1.29, 1.82) is 0 Å². The summed E-state index contributed by atoms with van der Waals surface area (Å²) in [6.07, 6.45) is 0. The average molecular weight is 223 g/mol. The van der Waals surface area contributed by atoms with Crippen LogP contribution in [0.2, 0.25) is 5.02 Å². The first-order chi connectivity index (χ1) is 5.31. The number of benzene rings is 1. The Kier molecular flexibility index (Phi) is 8.51. The van der Waals surface area contributed by atoms with Gasteiger partial charge in [0.1, 0.15) is 0 Å². The van der Waals surface area contributed by atoms with Crippen LogP contribution in [0.1, 0.15) is 0 Å². The fourth-order valence-corrected chi connectivity index (χ4v) is 0.560. The Labute approximate surface area is 82.9 Å². The summed E-state index contributed by atoms with van der Waals surface area (Å²) in [5.41, 5.74) is 0.992. The summed E-state index contributed by atoms with van der Waals surface area (Å²) >= 11 is 10.8. The molecule has 0 saturated heterocycles. The van der Waals surface area contributed by atoms with E-state index in [0.717, 1.165) is 10.5 Å². The molecular formula is C7H12Cl2Si2. The molecule has 0 unspecified atom stereocenters. The van der Waals surface area contributed by atoms with E-state index in [1.807, 2.05) is 30.3 Å². The van der Waals surface area contributed by atoms with Crippen molar-refractivity contribution in [3.05, 3.63) is 35.4 Å². The van der Waals surface area contributed by atoms with Gasteiger partial charge in [-0.1, -0.05) is 29.8 Å². The van der Waals surface area contributed by atoms with Gasteiger partial charge in [-0.2, -0.15) is 0 Å². The highest BCUT2D eigenvalue weighted by atomic mass is 35.5. The van der Waals surface area contributed by atoms with E-state index in [0.29, 0.717) is 9.04 Å². The molecule has 1 rings (SSSR count). The van der Waals surface area contributed by atoms with Crippen LogP contribution < -0.4 is 0 Å². The SMILES string of the molecule is Clc1ccccc1.[SiH3][SiH2]CCl. The lowest BCUT2D eigenvalue weighted by molar-refractivity contribution is 1.71. The van der Waals surface area contributed by atoms with Gasteiger partial charge in [-0.05, 0) is 21.9 Å². The van der Waals surface area contributed by atoms with Gasteiger partial charge in [0.05, 0.1) is 0 Å². The number of alkyl halides is 1. The molecular weight excluding hydrogens is 211 g/mol. The smallest absolute Gasteiger partial charge is 0.0405 e. The van der Waals surface area contributed by atoms with Gasteiger partial charge in [0.2, 0.25) is 0 Å². The largest absolute Gasteiger partial charge is 0.131 e. The maximum absolute atomic E-state index is 5.54. The Morgan fingerprint density at radius 2 is 1.73 bits per heavy atom. The fraction of sp³-hybridized carbons (Fsp3) is 0.143. The number of hydrogen-bond donors (Lipinski definition) is 0. The number of rotatable bonds is 1. The van der Waals surface area contributed by atoms with E-state index < -0.39 is 0 Å². The van der Waals surface area contributed by atoms with Gasteiger partial charge < -0.3 is 0 Å². The minimum absolute atomic E-state index is 0.329. The molecule has 0 aliphatic carbocycles. The maximum atomic E-state index is 5.54. The van der Waals surface area contributed by atoms with Gasteiger partial charge in [0, 0.05) is 19.6 Å². The van der Waals surface area contributed by atoms with E-state index in [2.05, 4.69) is 0 Å². The molecule has 0 saturated carbocycles. The molecule has 4 heteroatoms. The zero-order valence-corrected chi connectivity index (χ0v) is 11.5. The van der Waals surface area contributed by atoms with Crippen LogP contribution in [0.4, 0.5) is 0 Å². The zero-order chi connectivity index (χ0) is 8.53. The molecule has 1 aromatic carbocycles. The summed E-state index contributed by atoms with van der Waals surface area (Å²) in [6.45, 7) is 0. The molecule has 0 fully saturated rings. The van der Waals surface area contributed by atoms with Crippen molar-refractivity contribution >= 4 is 42.0 Å². The zero-order valence-electron chi connectivity index (χ0n) is 6.56. The van der Waals surface area contributed by atoms with Gasteiger partial charge >= 0.3 is 0 Å². The Morgan fingerprint density at radius 1 is 1.27 bits per heavy atom. The van der Waals surface area contributed by atoms with Gasteiger partial charge in [-0.25, -0.2) is 0 Å². The van der Waals surface area contributed by atoms with Crippen molar-refractivity contribution in [3.63, 3.8) is 0 Å². The molecule has 0 aliphatic rings. The molecule has 0 nitrogen and oxygen atoms in total. The number of halogens is 2. The standard InChI is InChI=1S/C6H5Cl.CH7ClSi2/c7-6-4-2-1-3-5-6;2-1-4-3/h1-5H;1,4H2,3H3. The third kappa shape index (κ3) is 8.14. The third-order valence-corrected chi connectivity index (χ3v) is 6.09. The van der Waals surface area contributed by atoms with Crippen molar-refractivity contribution in [2.75, 3.05) is 5.50 Å². The lowest BCUT2D eigenvalue weighted by Crippen LogP contribution is -1.85. The summed E-state index contributed by atoms with van der Waals surface area (Å²) in [4.78, 5) is 0. The molecule has 0 heterocycles. The summed E-state index contributed by atoms with van der Waals surface area (Å²) in [5.74, 6) is 0. The average Bonchev–Trinajstić information content (AvgIpc) is 2.07. The van der Waals surface area contributed by atoms with Gasteiger partial charge in [-0.3, -0.25) is 0 Å². The van der Waals surface area contributed by atoms with E-state index in [-0.39, 0.29) is 0 Å². The molecule has 0 atom stereocenters. The van der Waals surface area contributed by atoms with Gasteiger partial charge in [0.15, 0.2) is 0 Å². The van der Waals surface area contributed by atoms with Crippen LogP contribution in [-0.4, -0.2) is 24.3 Å². The van der Waals surface area contributed by atoms with E-state index in [4.69, 9.17) is 23.2 Å². The molecule has 0 aromatic heterocycles. The van der Waals surface area contributed by atoms with Crippen molar-refractivity contribution in [3.8, 4) is 0 Å². The van der Waals surface area contributed by atoms with Crippen LogP contribution in [0.15, 0.2) is 30.3 Å². The molecule has 0 aliphatic heterocycles. The predicted molar refractivity (Wildman–Crippen MR) is 60.7 cm³/mol. The van der Waals surface area contributed by atoms with Crippen LogP contribution in [-0.2, 0) is 0 Å². The van der Waals surface area contributed by atoms with Gasteiger partial charge in [0.25, 0.3) is 0 Å². The van der Waals surface area contributed by atoms with E-state index in [9.17, 15) is 0 Å². The van der Waals surface area contributed by atoms with E-state index in [1.165, 1.54) is 9.76 Å². The highest BCUT2D eigenvalue weighted by Gasteiger charge is 1.74. The molecule has 0 bridgehead atoms. The summed E-state index contributed by atoms with van der Waals surface area (Å²) in [6, 6.07) is 9.44. The fourth-order valence-electron chi connectivity index (χ4n) is 0.415. The Bertz CT molecular complexity index is 165. The molecule has 62 valence electrons. The minimum Gasteiger partial charge on any atom is -0.131 e. The Hall–Kier alpha value is 0.234. The first kappa shape index (κ1) is 11.2. The molecule has 0 amide bonds. The van der Waals surface area contributed by atoms with E-state index >= 15 is 0 Å². The maximum Gasteiger partial charge on any atom is 0.0405 e. The first-order valence-electron chi connectivity index (χ1n) is 3.57. The van der Waals surface area contributed by atoms with Crippen molar-refractivity contribution in [1.82, 2.24) is 0 Å². The Morgan fingerprint density at radius 3 is 1.91 bits per heavy atom. The quantitative estimate of drug-likeness (QED) is 0.491. The molecule has 0 radical (unpaired) electrons.